The lowest BCUT2D eigenvalue weighted by Gasteiger charge is -2.20. The Balaban J connectivity index is 1.67. The first-order chi connectivity index (χ1) is 16.2. The summed E-state index contributed by atoms with van der Waals surface area (Å²) in [5, 5.41) is 1.46. The molecule has 3 heterocycles. The molecule has 1 aliphatic heterocycles. The molecular formula is C24H20N2O6S2. The van der Waals surface area contributed by atoms with E-state index in [0.717, 1.165) is 11.4 Å². The molecule has 3 aromatic rings. The van der Waals surface area contributed by atoms with Gasteiger partial charge in [-0.15, -0.1) is 0 Å². The Morgan fingerprint density at radius 3 is 2.12 bits per heavy atom. The molecule has 0 radical (unpaired) electrons. The number of aryl methyl sites for hydroxylation is 2. The smallest absolute Gasteiger partial charge is 0.337 e. The highest BCUT2D eigenvalue weighted by Crippen LogP contribution is 2.34. The third kappa shape index (κ3) is 4.29. The van der Waals surface area contributed by atoms with Gasteiger partial charge in [-0.05, 0) is 68.5 Å². The lowest BCUT2D eigenvalue weighted by Crippen LogP contribution is -2.39. The highest BCUT2D eigenvalue weighted by Gasteiger charge is 2.35. The number of ether oxygens (including phenoxy) is 2. The standard InChI is InChI=1S/C24H20N2O6S2/c1-13-5-6-14(2)25(13)26-21(27)20(34-24(26)33)12-18-7-8-19(32-18)15-9-16(22(28)30-3)11-17(10-15)23(29)31-4/h5-12H,1-4H3/b20-12-. The summed E-state index contributed by atoms with van der Waals surface area (Å²) in [6.07, 6.45) is 1.61. The zero-order valence-corrected chi connectivity index (χ0v) is 20.4. The topological polar surface area (TPSA) is 91.0 Å². The fourth-order valence-corrected chi connectivity index (χ4v) is 4.79. The highest BCUT2D eigenvalue weighted by atomic mass is 32.2. The predicted molar refractivity (Wildman–Crippen MR) is 132 cm³/mol. The number of benzene rings is 1. The lowest BCUT2D eigenvalue weighted by atomic mass is 10.0. The zero-order valence-electron chi connectivity index (χ0n) is 18.8. The van der Waals surface area contributed by atoms with Crippen molar-refractivity contribution in [2.24, 2.45) is 0 Å². The van der Waals surface area contributed by atoms with E-state index in [1.54, 1.807) is 35.0 Å². The van der Waals surface area contributed by atoms with E-state index in [1.807, 2.05) is 26.0 Å². The largest absolute Gasteiger partial charge is 0.465 e. The molecule has 2 aromatic heterocycles. The molecule has 8 nitrogen and oxygen atoms in total. The van der Waals surface area contributed by atoms with Gasteiger partial charge in [0, 0.05) is 23.0 Å². The fourth-order valence-electron chi connectivity index (χ4n) is 3.56. The molecule has 1 aliphatic rings. The van der Waals surface area contributed by atoms with Crippen LogP contribution < -0.4 is 5.01 Å². The van der Waals surface area contributed by atoms with Crippen LogP contribution in [0.2, 0.25) is 0 Å². The molecule has 34 heavy (non-hydrogen) atoms. The van der Waals surface area contributed by atoms with Crippen molar-refractivity contribution in [2.75, 3.05) is 19.2 Å². The number of amides is 1. The molecule has 1 saturated heterocycles. The molecule has 0 N–H and O–H groups in total. The van der Waals surface area contributed by atoms with Gasteiger partial charge < -0.3 is 13.9 Å². The molecule has 0 bridgehead atoms. The minimum Gasteiger partial charge on any atom is -0.465 e. The van der Waals surface area contributed by atoms with E-state index >= 15 is 0 Å². The predicted octanol–water partition coefficient (Wildman–Crippen LogP) is 4.48. The molecule has 4 rings (SSSR count). The van der Waals surface area contributed by atoms with E-state index in [9.17, 15) is 14.4 Å². The quantitative estimate of drug-likeness (QED) is 0.290. The summed E-state index contributed by atoms with van der Waals surface area (Å²) >= 11 is 6.63. The number of thioether (sulfide) groups is 1. The maximum atomic E-state index is 13.1. The number of hydrogen-bond donors (Lipinski definition) is 0. The summed E-state index contributed by atoms with van der Waals surface area (Å²) in [7, 11) is 2.51. The van der Waals surface area contributed by atoms with Crippen molar-refractivity contribution in [3.05, 3.63) is 75.6 Å². The molecule has 0 saturated carbocycles. The van der Waals surface area contributed by atoms with Crippen LogP contribution in [0.3, 0.4) is 0 Å². The number of carbonyl (C=O) groups is 3. The first-order valence-electron chi connectivity index (χ1n) is 10.1. The van der Waals surface area contributed by atoms with Crippen molar-refractivity contribution < 1.29 is 28.3 Å². The first kappa shape index (κ1) is 23.5. The van der Waals surface area contributed by atoms with Crippen LogP contribution in [-0.2, 0) is 14.3 Å². The number of aromatic nitrogens is 1. The summed E-state index contributed by atoms with van der Waals surface area (Å²) in [5.41, 5.74) is 2.62. The van der Waals surface area contributed by atoms with Crippen LogP contribution in [0.4, 0.5) is 0 Å². The molecule has 1 fully saturated rings. The number of thiocarbonyl (C=S) groups is 1. The number of furan rings is 1. The van der Waals surface area contributed by atoms with Gasteiger partial charge in [-0.2, -0.15) is 5.01 Å². The highest BCUT2D eigenvalue weighted by molar-refractivity contribution is 8.27. The molecule has 0 spiro atoms. The van der Waals surface area contributed by atoms with Crippen LogP contribution in [0.1, 0.15) is 37.9 Å². The van der Waals surface area contributed by atoms with E-state index in [2.05, 4.69) is 0 Å². The minimum atomic E-state index is -0.599. The molecule has 1 amide bonds. The van der Waals surface area contributed by atoms with E-state index in [0.29, 0.717) is 26.3 Å². The van der Waals surface area contributed by atoms with Crippen LogP contribution in [0.5, 0.6) is 0 Å². The van der Waals surface area contributed by atoms with E-state index in [4.69, 9.17) is 26.1 Å². The van der Waals surface area contributed by atoms with Crippen LogP contribution in [0.15, 0.2) is 51.8 Å². The van der Waals surface area contributed by atoms with Crippen LogP contribution in [0.25, 0.3) is 17.4 Å². The number of methoxy groups -OCH3 is 2. The fraction of sp³-hybridized carbons (Fsp3) is 0.167. The maximum Gasteiger partial charge on any atom is 0.337 e. The second-order valence-corrected chi connectivity index (χ2v) is 9.08. The van der Waals surface area contributed by atoms with Crippen LogP contribution >= 0.6 is 24.0 Å². The summed E-state index contributed by atoms with van der Waals surface area (Å²) in [6, 6.07) is 11.7. The molecule has 10 heteroatoms. The molecule has 174 valence electrons. The SMILES string of the molecule is COC(=O)c1cc(C(=O)OC)cc(-c2ccc(/C=C3\SC(=S)N(n4c(C)ccc4C)C3=O)o2)c1. The van der Waals surface area contributed by atoms with Gasteiger partial charge in [0.1, 0.15) is 11.5 Å². The molecule has 0 unspecified atom stereocenters. The number of hydrogen-bond acceptors (Lipinski definition) is 8. The van der Waals surface area contributed by atoms with Crippen molar-refractivity contribution >= 4 is 52.2 Å². The number of rotatable bonds is 5. The third-order valence-corrected chi connectivity index (χ3v) is 6.45. The lowest BCUT2D eigenvalue weighted by molar-refractivity contribution is -0.114. The molecule has 1 aromatic carbocycles. The Labute approximate surface area is 205 Å². The summed E-state index contributed by atoms with van der Waals surface area (Å²) in [6.45, 7) is 3.80. The molecule has 0 atom stereocenters. The van der Waals surface area contributed by atoms with Crippen LogP contribution in [0, 0.1) is 13.8 Å². The minimum absolute atomic E-state index is 0.177. The third-order valence-electron chi connectivity index (χ3n) is 5.17. The normalized spacial score (nSPS) is 14.7. The zero-order chi connectivity index (χ0) is 24.6. The molecule has 0 aliphatic carbocycles. The average Bonchev–Trinajstić information content (AvgIpc) is 3.51. The Kier molecular flexibility index (Phi) is 6.45. The van der Waals surface area contributed by atoms with Gasteiger partial charge in [0.2, 0.25) is 0 Å². The van der Waals surface area contributed by atoms with Gasteiger partial charge in [0.05, 0.1) is 30.3 Å². The van der Waals surface area contributed by atoms with Crippen molar-refractivity contribution in [1.29, 1.82) is 0 Å². The van der Waals surface area contributed by atoms with E-state index in [1.165, 1.54) is 37.1 Å². The van der Waals surface area contributed by atoms with Crippen molar-refractivity contribution in [3.8, 4) is 11.3 Å². The van der Waals surface area contributed by atoms with Gasteiger partial charge in [-0.25, -0.2) is 9.59 Å². The van der Waals surface area contributed by atoms with Gasteiger partial charge in [0.15, 0.2) is 4.32 Å². The van der Waals surface area contributed by atoms with Gasteiger partial charge in [-0.3, -0.25) is 9.47 Å². The van der Waals surface area contributed by atoms with Gasteiger partial charge in [0.25, 0.3) is 5.91 Å². The number of esters is 2. The molecular weight excluding hydrogens is 476 g/mol. The van der Waals surface area contributed by atoms with Crippen LogP contribution in [-0.4, -0.2) is 41.1 Å². The number of nitrogens with zero attached hydrogens (tertiary/aromatic N) is 2. The summed E-state index contributed by atoms with van der Waals surface area (Å²) in [4.78, 5) is 37.6. The van der Waals surface area contributed by atoms with Gasteiger partial charge >= 0.3 is 11.9 Å². The van der Waals surface area contributed by atoms with Gasteiger partial charge in [-0.1, -0.05) is 11.8 Å². The maximum absolute atomic E-state index is 13.1. The second kappa shape index (κ2) is 9.32. The monoisotopic (exact) mass is 496 g/mol. The first-order valence-corrected chi connectivity index (χ1v) is 11.3. The summed E-state index contributed by atoms with van der Waals surface area (Å²) < 4.78 is 17.7. The van der Waals surface area contributed by atoms with E-state index < -0.39 is 11.9 Å². The summed E-state index contributed by atoms with van der Waals surface area (Å²) in [5.74, 6) is -0.638. The van der Waals surface area contributed by atoms with Crippen molar-refractivity contribution in [2.45, 2.75) is 13.8 Å². The Hall–Kier alpha value is -3.63. The number of carbonyl (C=O) groups excluding carboxylic acids is 3. The Morgan fingerprint density at radius 2 is 1.56 bits per heavy atom. The Morgan fingerprint density at radius 1 is 0.971 bits per heavy atom. The Bertz CT molecular complexity index is 1310. The average molecular weight is 497 g/mol. The van der Waals surface area contributed by atoms with Crippen molar-refractivity contribution in [3.63, 3.8) is 0 Å². The second-order valence-electron chi connectivity index (χ2n) is 7.41. The van der Waals surface area contributed by atoms with Crippen molar-refractivity contribution in [1.82, 2.24) is 4.68 Å². The van der Waals surface area contributed by atoms with E-state index in [-0.39, 0.29) is 17.0 Å².